The van der Waals surface area contributed by atoms with Crippen molar-refractivity contribution in [3.8, 4) is 5.75 Å². The van der Waals surface area contributed by atoms with Crippen molar-refractivity contribution in [1.82, 2.24) is 9.55 Å². The lowest BCUT2D eigenvalue weighted by atomic mass is 10.1. The van der Waals surface area contributed by atoms with Crippen LogP contribution in [0.1, 0.15) is 23.9 Å². The van der Waals surface area contributed by atoms with Crippen molar-refractivity contribution in [3.63, 3.8) is 0 Å². The Labute approximate surface area is 142 Å². The van der Waals surface area contributed by atoms with Gasteiger partial charge in [0.05, 0.1) is 17.6 Å². The summed E-state index contributed by atoms with van der Waals surface area (Å²) in [6.07, 6.45) is 0.243. The van der Waals surface area contributed by atoms with Gasteiger partial charge in [0.1, 0.15) is 24.3 Å². The van der Waals surface area contributed by atoms with Crippen LogP contribution in [0.4, 0.5) is 0 Å². The SMILES string of the molecule is CCc1nc2ccccc2n1CC(O)COc1cccc(C)c1C. The number of hydrogen-bond acceptors (Lipinski definition) is 3. The van der Waals surface area contributed by atoms with E-state index in [-0.39, 0.29) is 6.61 Å². The summed E-state index contributed by atoms with van der Waals surface area (Å²) in [6, 6.07) is 14.0. The Morgan fingerprint density at radius 1 is 1.12 bits per heavy atom. The largest absolute Gasteiger partial charge is 0.491 e. The fourth-order valence-electron chi connectivity index (χ4n) is 2.93. The van der Waals surface area contributed by atoms with Gasteiger partial charge in [-0.15, -0.1) is 0 Å². The van der Waals surface area contributed by atoms with Crippen LogP contribution in [-0.4, -0.2) is 27.4 Å². The number of para-hydroxylation sites is 2. The molecule has 0 fully saturated rings. The lowest BCUT2D eigenvalue weighted by Crippen LogP contribution is -2.24. The fraction of sp³-hybridized carbons (Fsp3) is 0.350. The summed E-state index contributed by atoms with van der Waals surface area (Å²) in [5.41, 5.74) is 4.33. The van der Waals surface area contributed by atoms with Gasteiger partial charge in [-0.3, -0.25) is 0 Å². The highest BCUT2D eigenvalue weighted by atomic mass is 16.5. The molecule has 1 atom stereocenters. The molecule has 0 aliphatic carbocycles. The first-order valence-corrected chi connectivity index (χ1v) is 8.41. The Hall–Kier alpha value is -2.33. The molecule has 4 nitrogen and oxygen atoms in total. The van der Waals surface area contributed by atoms with Crippen molar-refractivity contribution in [3.05, 3.63) is 59.4 Å². The standard InChI is InChI=1S/C20H24N2O2/c1-4-20-21-17-9-5-6-10-18(17)22(20)12-16(23)13-24-19-11-7-8-14(2)15(19)3/h5-11,16,23H,4,12-13H2,1-3H3. The summed E-state index contributed by atoms with van der Waals surface area (Å²) in [7, 11) is 0. The molecule has 0 bridgehead atoms. The number of imidazole rings is 1. The highest BCUT2D eigenvalue weighted by molar-refractivity contribution is 5.75. The van der Waals surface area contributed by atoms with E-state index in [1.54, 1.807) is 0 Å². The minimum Gasteiger partial charge on any atom is -0.491 e. The van der Waals surface area contributed by atoms with Crippen LogP contribution >= 0.6 is 0 Å². The van der Waals surface area contributed by atoms with E-state index in [9.17, 15) is 5.11 Å². The molecule has 3 rings (SSSR count). The van der Waals surface area contributed by atoms with Crippen molar-refractivity contribution in [1.29, 1.82) is 0 Å². The Bertz CT molecular complexity index is 839. The first-order valence-electron chi connectivity index (χ1n) is 8.41. The molecule has 0 spiro atoms. The van der Waals surface area contributed by atoms with Gasteiger partial charge in [-0.25, -0.2) is 4.98 Å². The predicted molar refractivity (Wildman–Crippen MR) is 96.5 cm³/mol. The minimum absolute atomic E-state index is 0.264. The molecule has 24 heavy (non-hydrogen) atoms. The second-order valence-corrected chi connectivity index (χ2v) is 6.14. The Kier molecular flexibility index (Phi) is 4.86. The number of aliphatic hydroxyl groups is 1. The van der Waals surface area contributed by atoms with E-state index in [1.165, 1.54) is 5.56 Å². The molecular weight excluding hydrogens is 300 g/mol. The topological polar surface area (TPSA) is 47.3 Å². The number of aliphatic hydroxyl groups excluding tert-OH is 1. The monoisotopic (exact) mass is 324 g/mol. The van der Waals surface area contributed by atoms with Gasteiger partial charge in [-0.2, -0.15) is 0 Å². The van der Waals surface area contributed by atoms with E-state index >= 15 is 0 Å². The first kappa shape index (κ1) is 16.5. The van der Waals surface area contributed by atoms with Crippen molar-refractivity contribution >= 4 is 11.0 Å². The number of benzene rings is 2. The molecule has 1 N–H and O–H groups in total. The number of ether oxygens (including phenoxy) is 1. The summed E-state index contributed by atoms with van der Waals surface area (Å²) in [4.78, 5) is 4.64. The lowest BCUT2D eigenvalue weighted by molar-refractivity contribution is 0.0924. The maximum absolute atomic E-state index is 10.4. The maximum Gasteiger partial charge on any atom is 0.122 e. The van der Waals surface area contributed by atoms with Crippen LogP contribution in [0.25, 0.3) is 11.0 Å². The van der Waals surface area contributed by atoms with Crippen LogP contribution in [0.2, 0.25) is 0 Å². The average Bonchev–Trinajstić information content (AvgIpc) is 2.94. The van der Waals surface area contributed by atoms with E-state index in [1.807, 2.05) is 43.3 Å². The smallest absolute Gasteiger partial charge is 0.122 e. The second kappa shape index (κ2) is 7.05. The number of rotatable bonds is 6. The molecule has 0 saturated heterocycles. The summed E-state index contributed by atoms with van der Waals surface area (Å²) in [5, 5.41) is 10.4. The molecule has 0 aliphatic rings. The molecular formula is C20H24N2O2. The Morgan fingerprint density at radius 3 is 2.71 bits per heavy atom. The van der Waals surface area contributed by atoms with Gasteiger partial charge in [-0.05, 0) is 43.2 Å². The van der Waals surface area contributed by atoms with E-state index < -0.39 is 6.10 Å². The third-order valence-electron chi connectivity index (χ3n) is 4.43. The zero-order chi connectivity index (χ0) is 17.1. The molecule has 0 amide bonds. The molecule has 3 aromatic rings. The number of fused-ring (bicyclic) bond motifs is 1. The van der Waals surface area contributed by atoms with Crippen LogP contribution in [0, 0.1) is 13.8 Å². The van der Waals surface area contributed by atoms with Gasteiger partial charge in [0.25, 0.3) is 0 Å². The predicted octanol–water partition coefficient (Wildman–Crippen LogP) is 3.66. The maximum atomic E-state index is 10.4. The normalized spacial score (nSPS) is 12.5. The fourth-order valence-corrected chi connectivity index (χ4v) is 2.93. The lowest BCUT2D eigenvalue weighted by Gasteiger charge is -2.17. The molecule has 0 saturated carbocycles. The molecule has 1 aromatic heterocycles. The van der Waals surface area contributed by atoms with Crippen LogP contribution in [0.5, 0.6) is 5.75 Å². The van der Waals surface area contributed by atoms with E-state index in [0.29, 0.717) is 6.54 Å². The quantitative estimate of drug-likeness (QED) is 0.753. The van der Waals surface area contributed by atoms with Gasteiger partial charge < -0.3 is 14.4 Å². The summed E-state index contributed by atoms with van der Waals surface area (Å²) in [6.45, 7) is 6.92. The van der Waals surface area contributed by atoms with Gasteiger partial charge in [-0.1, -0.05) is 31.2 Å². The second-order valence-electron chi connectivity index (χ2n) is 6.14. The van der Waals surface area contributed by atoms with Gasteiger partial charge in [0.15, 0.2) is 0 Å². The number of aromatic nitrogens is 2. The van der Waals surface area contributed by atoms with Gasteiger partial charge >= 0.3 is 0 Å². The summed E-state index contributed by atoms with van der Waals surface area (Å²) < 4.78 is 7.92. The molecule has 0 aliphatic heterocycles. The Balaban J connectivity index is 1.73. The van der Waals surface area contributed by atoms with Crippen molar-refractivity contribution < 1.29 is 9.84 Å². The number of nitrogens with zero attached hydrogens (tertiary/aromatic N) is 2. The highest BCUT2D eigenvalue weighted by Gasteiger charge is 2.14. The molecule has 1 unspecified atom stereocenters. The zero-order valence-electron chi connectivity index (χ0n) is 14.5. The third-order valence-corrected chi connectivity index (χ3v) is 4.43. The van der Waals surface area contributed by atoms with E-state index in [4.69, 9.17) is 4.74 Å². The van der Waals surface area contributed by atoms with Crippen LogP contribution < -0.4 is 4.74 Å². The van der Waals surface area contributed by atoms with Crippen molar-refractivity contribution in [2.24, 2.45) is 0 Å². The van der Waals surface area contributed by atoms with Crippen LogP contribution in [0.3, 0.4) is 0 Å². The third kappa shape index (κ3) is 3.29. The Morgan fingerprint density at radius 2 is 1.92 bits per heavy atom. The minimum atomic E-state index is -0.590. The van der Waals surface area contributed by atoms with Crippen molar-refractivity contribution in [2.75, 3.05) is 6.61 Å². The average molecular weight is 324 g/mol. The molecule has 1 heterocycles. The van der Waals surface area contributed by atoms with Crippen LogP contribution in [0.15, 0.2) is 42.5 Å². The van der Waals surface area contributed by atoms with Crippen LogP contribution in [-0.2, 0) is 13.0 Å². The molecule has 2 aromatic carbocycles. The van der Waals surface area contributed by atoms with E-state index in [2.05, 4.69) is 29.5 Å². The molecule has 4 heteroatoms. The van der Waals surface area contributed by atoms with Gasteiger partial charge in [0.2, 0.25) is 0 Å². The zero-order valence-corrected chi connectivity index (χ0v) is 14.5. The summed E-state index contributed by atoms with van der Waals surface area (Å²) in [5.74, 6) is 1.82. The molecule has 126 valence electrons. The molecule has 0 radical (unpaired) electrons. The van der Waals surface area contributed by atoms with Crippen molar-refractivity contribution in [2.45, 2.75) is 39.8 Å². The van der Waals surface area contributed by atoms with Gasteiger partial charge in [0, 0.05) is 6.42 Å². The van der Waals surface area contributed by atoms with E-state index in [0.717, 1.165) is 34.6 Å². The number of hydrogen-bond donors (Lipinski definition) is 1. The number of aryl methyl sites for hydroxylation is 2. The highest BCUT2D eigenvalue weighted by Crippen LogP contribution is 2.21. The first-order chi connectivity index (χ1) is 11.6. The summed E-state index contributed by atoms with van der Waals surface area (Å²) >= 11 is 0.